The molecule has 21 heavy (non-hydrogen) atoms. The molecule has 13 nitrogen and oxygen atoms in total. The summed E-state index contributed by atoms with van der Waals surface area (Å²) in [6.45, 7) is -0.179. The van der Waals surface area contributed by atoms with Crippen LogP contribution in [0.4, 0.5) is 17.8 Å². The zero-order valence-electron chi connectivity index (χ0n) is 11.1. The maximum Gasteiger partial charge on any atom is 0.231 e. The maximum atomic E-state index is 8.84. The fraction of sp³-hybridized carbons (Fsp3) is 0.375. The predicted molar refractivity (Wildman–Crippen MR) is 79.1 cm³/mol. The van der Waals surface area contributed by atoms with Crippen LogP contribution in [0.2, 0.25) is 0 Å². The molecule has 0 aromatic carbocycles. The Morgan fingerprint density at radius 2 is 1.19 bits per heavy atom. The highest BCUT2D eigenvalue weighted by Gasteiger charge is 2.05. The number of aromatic nitrogens is 3. The Balaban J connectivity index is 2.78. The predicted octanol–water partition coefficient (Wildman–Crippen LogP) is -3.48. The molecule has 1 aromatic heterocycles. The fourth-order valence-corrected chi connectivity index (χ4v) is 1.09. The van der Waals surface area contributed by atoms with Crippen molar-refractivity contribution in [1.82, 2.24) is 15.0 Å². The lowest BCUT2D eigenvalue weighted by Gasteiger charge is -2.08. The first-order chi connectivity index (χ1) is 10.0. The average molecular weight is 298 g/mol. The van der Waals surface area contributed by atoms with E-state index >= 15 is 0 Å². The van der Waals surface area contributed by atoms with E-state index in [-0.39, 0.29) is 49.8 Å². The molecule has 0 atom stereocenters. The minimum absolute atomic E-state index is 0.0728. The van der Waals surface area contributed by atoms with E-state index in [0.29, 0.717) is 0 Å². The molecule has 0 aliphatic rings. The number of aliphatic imine (C=N–C) groups is 2. The van der Waals surface area contributed by atoms with Gasteiger partial charge in [0.1, 0.15) is 20.1 Å². The van der Waals surface area contributed by atoms with Gasteiger partial charge in [0.05, 0.1) is 0 Å². The number of hydrogen-bond acceptors (Lipinski definition) is 9. The second-order valence-corrected chi connectivity index (χ2v) is 3.48. The summed E-state index contributed by atoms with van der Waals surface area (Å²) in [5.74, 6) is 0.385. The van der Waals surface area contributed by atoms with E-state index in [4.69, 9.17) is 28.0 Å². The minimum Gasteiger partial charge on any atom is -0.376 e. The van der Waals surface area contributed by atoms with Crippen molar-refractivity contribution in [2.45, 2.75) is 0 Å². The van der Waals surface area contributed by atoms with Gasteiger partial charge in [-0.25, -0.2) is 9.98 Å². The van der Waals surface area contributed by atoms with Crippen LogP contribution in [0.1, 0.15) is 0 Å². The standard InChI is InChI=1S/C8H18N12O/c9-4(10)13-1-15-6-18-7(16-2-14-5(11)12)20-8(19-6)17-3-21/h21H,1-3H2,(H4,9,10,13)(H4,11,12,14)(H3,15,16,17,18,19,20). The van der Waals surface area contributed by atoms with Gasteiger partial charge in [-0.2, -0.15) is 15.0 Å². The van der Waals surface area contributed by atoms with E-state index in [1.54, 1.807) is 0 Å². The summed E-state index contributed by atoms with van der Waals surface area (Å²) >= 11 is 0. The minimum atomic E-state index is -0.343. The number of aliphatic hydroxyl groups excluding tert-OH is 1. The van der Waals surface area contributed by atoms with Crippen LogP contribution >= 0.6 is 0 Å². The molecular formula is C8H18N12O. The molecule has 0 radical (unpaired) electrons. The summed E-state index contributed by atoms with van der Waals surface area (Å²) in [6.07, 6.45) is 0. The molecule has 1 heterocycles. The van der Waals surface area contributed by atoms with Gasteiger partial charge in [0.2, 0.25) is 17.8 Å². The SMILES string of the molecule is NC(N)=NCNc1nc(NCO)nc(NCN=C(N)N)n1. The van der Waals surface area contributed by atoms with Crippen molar-refractivity contribution < 1.29 is 5.11 Å². The van der Waals surface area contributed by atoms with Gasteiger partial charge in [-0.3, -0.25) is 0 Å². The molecular weight excluding hydrogens is 280 g/mol. The number of anilines is 3. The molecule has 1 aromatic rings. The number of guanidine groups is 2. The second kappa shape index (κ2) is 8.16. The molecule has 0 saturated heterocycles. The van der Waals surface area contributed by atoms with Crippen LogP contribution < -0.4 is 38.9 Å². The summed E-state index contributed by atoms with van der Waals surface area (Å²) in [5, 5.41) is 16.9. The van der Waals surface area contributed by atoms with Gasteiger partial charge in [-0.05, 0) is 0 Å². The average Bonchev–Trinajstić information content (AvgIpc) is 2.38. The highest BCUT2D eigenvalue weighted by molar-refractivity contribution is 5.76. The number of rotatable bonds is 8. The number of hydrogen-bond donors (Lipinski definition) is 8. The van der Waals surface area contributed by atoms with Crippen molar-refractivity contribution in [3.05, 3.63) is 0 Å². The molecule has 0 spiro atoms. The van der Waals surface area contributed by atoms with E-state index in [2.05, 4.69) is 40.9 Å². The Morgan fingerprint density at radius 3 is 1.52 bits per heavy atom. The van der Waals surface area contributed by atoms with Gasteiger partial charge in [-0.1, -0.05) is 0 Å². The molecule has 1 rings (SSSR count). The molecule has 12 N–H and O–H groups in total. The highest BCUT2D eigenvalue weighted by atomic mass is 16.3. The Hall–Kier alpha value is -3.09. The maximum absolute atomic E-state index is 8.84. The number of aliphatic hydroxyl groups is 1. The molecule has 0 bridgehead atoms. The third-order valence-corrected chi connectivity index (χ3v) is 1.87. The molecule has 0 aliphatic heterocycles. The van der Waals surface area contributed by atoms with E-state index in [1.807, 2.05) is 0 Å². The van der Waals surface area contributed by atoms with Gasteiger partial charge in [0, 0.05) is 0 Å². The Morgan fingerprint density at radius 1 is 0.810 bits per heavy atom. The number of nitrogens with zero attached hydrogens (tertiary/aromatic N) is 5. The normalized spacial score (nSPS) is 9.57. The van der Waals surface area contributed by atoms with Crippen LogP contribution in [0, 0.1) is 0 Å². The van der Waals surface area contributed by atoms with Gasteiger partial charge in [0.25, 0.3) is 0 Å². The highest BCUT2D eigenvalue weighted by Crippen LogP contribution is 2.08. The first-order valence-electron chi connectivity index (χ1n) is 5.70. The summed E-state index contributed by atoms with van der Waals surface area (Å²) in [6, 6.07) is 0. The van der Waals surface area contributed by atoms with Crippen molar-refractivity contribution in [2.24, 2.45) is 32.9 Å². The van der Waals surface area contributed by atoms with Crippen LogP contribution in [0.15, 0.2) is 9.98 Å². The number of nitrogens with two attached hydrogens (primary N) is 4. The van der Waals surface area contributed by atoms with Crippen molar-refractivity contribution in [1.29, 1.82) is 0 Å². The first kappa shape index (κ1) is 16.0. The molecule has 0 unspecified atom stereocenters. The van der Waals surface area contributed by atoms with Crippen LogP contribution in [-0.2, 0) is 0 Å². The third kappa shape index (κ3) is 6.58. The topological polar surface area (TPSA) is 224 Å². The van der Waals surface area contributed by atoms with E-state index in [0.717, 1.165) is 0 Å². The van der Waals surface area contributed by atoms with E-state index in [1.165, 1.54) is 0 Å². The largest absolute Gasteiger partial charge is 0.376 e. The van der Waals surface area contributed by atoms with Crippen LogP contribution in [0.5, 0.6) is 0 Å². The Bertz CT molecular complexity index is 466. The second-order valence-electron chi connectivity index (χ2n) is 3.48. The van der Waals surface area contributed by atoms with E-state index < -0.39 is 0 Å². The zero-order chi connectivity index (χ0) is 15.7. The molecule has 0 fully saturated rings. The van der Waals surface area contributed by atoms with Crippen molar-refractivity contribution in [3.8, 4) is 0 Å². The van der Waals surface area contributed by atoms with Crippen molar-refractivity contribution in [3.63, 3.8) is 0 Å². The summed E-state index contributed by atoms with van der Waals surface area (Å²) < 4.78 is 0. The van der Waals surface area contributed by atoms with Crippen molar-refractivity contribution in [2.75, 3.05) is 36.0 Å². The Kier molecular flexibility index (Phi) is 6.20. The molecule has 116 valence electrons. The Labute approximate surface area is 120 Å². The lowest BCUT2D eigenvalue weighted by Crippen LogP contribution is -2.24. The summed E-state index contributed by atoms with van der Waals surface area (Å²) in [4.78, 5) is 19.5. The monoisotopic (exact) mass is 298 g/mol. The number of nitrogens with one attached hydrogen (secondary N) is 3. The first-order valence-corrected chi connectivity index (χ1v) is 5.70. The molecule has 13 heteroatoms. The van der Waals surface area contributed by atoms with Crippen LogP contribution in [0.3, 0.4) is 0 Å². The fourth-order valence-electron chi connectivity index (χ4n) is 1.09. The van der Waals surface area contributed by atoms with Crippen molar-refractivity contribution >= 4 is 29.8 Å². The smallest absolute Gasteiger partial charge is 0.231 e. The lowest BCUT2D eigenvalue weighted by molar-refractivity contribution is 0.324. The zero-order valence-corrected chi connectivity index (χ0v) is 11.1. The van der Waals surface area contributed by atoms with Crippen LogP contribution in [0.25, 0.3) is 0 Å². The third-order valence-electron chi connectivity index (χ3n) is 1.87. The molecule has 0 amide bonds. The quantitative estimate of drug-likeness (QED) is 0.133. The van der Waals surface area contributed by atoms with E-state index in [9.17, 15) is 0 Å². The molecule has 0 aliphatic carbocycles. The van der Waals surface area contributed by atoms with Gasteiger partial charge in [0.15, 0.2) is 11.9 Å². The van der Waals surface area contributed by atoms with Gasteiger partial charge < -0.3 is 44.0 Å². The summed E-state index contributed by atoms with van der Waals surface area (Å²) in [7, 11) is 0. The van der Waals surface area contributed by atoms with Crippen LogP contribution in [-0.4, -0.2) is 52.0 Å². The molecule has 0 saturated carbocycles. The van der Waals surface area contributed by atoms with Gasteiger partial charge in [-0.15, -0.1) is 0 Å². The lowest BCUT2D eigenvalue weighted by atomic mass is 10.7. The summed E-state index contributed by atoms with van der Waals surface area (Å²) in [5.41, 5.74) is 20.8. The van der Waals surface area contributed by atoms with Gasteiger partial charge >= 0.3 is 0 Å².